The number of hydrogen-bond donors (Lipinski definition) is 1. The van der Waals surface area contributed by atoms with Gasteiger partial charge in [0.15, 0.2) is 0 Å². The second-order valence-corrected chi connectivity index (χ2v) is 5.28. The van der Waals surface area contributed by atoms with Gasteiger partial charge in [0.1, 0.15) is 0 Å². The lowest BCUT2D eigenvalue weighted by molar-refractivity contribution is -0.139. The number of nitrogens with two attached hydrogens (primary N) is 1. The van der Waals surface area contributed by atoms with Crippen LogP contribution in [0.25, 0.3) is 0 Å². The van der Waals surface area contributed by atoms with Gasteiger partial charge < -0.3 is 15.4 Å². The maximum absolute atomic E-state index is 12.2. The molecular formula is C13H25ClN2O2. The van der Waals surface area contributed by atoms with Crippen molar-refractivity contribution in [2.24, 2.45) is 11.7 Å². The third-order valence-corrected chi connectivity index (χ3v) is 3.94. The summed E-state index contributed by atoms with van der Waals surface area (Å²) in [5, 5.41) is 0. The number of halogens is 1. The first-order chi connectivity index (χ1) is 8.29. The Kier molecular flexibility index (Phi) is 6.97. The molecule has 1 heterocycles. The quantitative estimate of drug-likeness (QED) is 0.851. The van der Waals surface area contributed by atoms with E-state index >= 15 is 0 Å². The van der Waals surface area contributed by atoms with Gasteiger partial charge in [-0.2, -0.15) is 0 Å². The first-order valence-corrected chi connectivity index (χ1v) is 6.89. The van der Waals surface area contributed by atoms with Crippen molar-refractivity contribution < 1.29 is 9.53 Å². The van der Waals surface area contributed by atoms with Crippen molar-refractivity contribution in [3.63, 3.8) is 0 Å². The van der Waals surface area contributed by atoms with Gasteiger partial charge in [-0.15, -0.1) is 12.4 Å². The Morgan fingerprint density at radius 3 is 2.67 bits per heavy atom. The molecule has 1 amide bonds. The highest BCUT2D eigenvalue weighted by Gasteiger charge is 2.25. The minimum absolute atomic E-state index is 0. The number of hydrogen-bond acceptors (Lipinski definition) is 3. The van der Waals surface area contributed by atoms with Crippen molar-refractivity contribution in [2.45, 2.75) is 44.6 Å². The van der Waals surface area contributed by atoms with Crippen LogP contribution in [-0.4, -0.2) is 43.2 Å². The fourth-order valence-corrected chi connectivity index (χ4v) is 2.86. The normalized spacial score (nSPS) is 25.6. The van der Waals surface area contributed by atoms with Crippen LogP contribution in [0.3, 0.4) is 0 Å². The molecule has 0 bridgehead atoms. The van der Waals surface area contributed by atoms with E-state index in [1.54, 1.807) is 0 Å². The molecule has 2 N–H and O–H groups in total. The van der Waals surface area contributed by atoms with Crippen LogP contribution in [0.2, 0.25) is 0 Å². The predicted octanol–water partition coefficient (Wildman–Crippen LogP) is 1.56. The van der Waals surface area contributed by atoms with Crippen LogP contribution in [0.4, 0.5) is 0 Å². The van der Waals surface area contributed by atoms with E-state index in [0.717, 1.165) is 13.0 Å². The standard InChI is InChI=1S/C13H24N2O2.ClH/c14-9-12-10-15(6-7-17-12)13(16)8-11-4-2-1-3-5-11;/h11-12H,1-10,14H2;1H. The van der Waals surface area contributed by atoms with Crippen molar-refractivity contribution in [3.05, 3.63) is 0 Å². The Labute approximate surface area is 116 Å². The molecule has 1 saturated heterocycles. The highest BCUT2D eigenvalue weighted by atomic mass is 35.5. The summed E-state index contributed by atoms with van der Waals surface area (Å²) in [4.78, 5) is 14.1. The maximum atomic E-state index is 12.2. The van der Waals surface area contributed by atoms with Gasteiger partial charge in [0.05, 0.1) is 12.7 Å². The second kappa shape index (κ2) is 7.97. The molecule has 1 atom stereocenters. The molecule has 0 spiro atoms. The summed E-state index contributed by atoms with van der Waals surface area (Å²) >= 11 is 0. The number of carbonyl (C=O) groups excluding carboxylic acids is 1. The van der Waals surface area contributed by atoms with Gasteiger partial charge in [-0.1, -0.05) is 19.3 Å². The molecule has 5 heteroatoms. The molecule has 1 saturated carbocycles. The Morgan fingerprint density at radius 2 is 2.00 bits per heavy atom. The first kappa shape index (κ1) is 15.7. The molecule has 1 aliphatic heterocycles. The number of rotatable bonds is 3. The first-order valence-electron chi connectivity index (χ1n) is 6.89. The van der Waals surface area contributed by atoms with Crippen molar-refractivity contribution in [1.82, 2.24) is 4.90 Å². The fourth-order valence-electron chi connectivity index (χ4n) is 2.86. The summed E-state index contributed by atoms with van der Waals surface area (Å²) < 4.78 is 5.48. The molecule has 0 aromatic heterocycles. The molecule has 0 aromatic rings. The number of carbonyl (C=O) groups is 1. The summed E-state index contributed by atoms with van der Waals surface area (Å²) in [5.74, 6) is 0.925. The topological polar surface area (TPSA) is 55.6 Å². The molecule has 0 aromatic carbocycles. The van der Waals surface area contributed by atoms with Gasteiger partial charge in [-0.25, -0.2) is 0 Å². The molecular weight excluding hydrogens is 252 g/mol. The van der Waals surface area contributed by atoms with Gasteiger partial charge in [-0.3, -0.25) is 4.79 Å². The summed E-state index contributed by atoms with van der Waals surface area (Å²) in [5.41, 5.74) is 5.59. The van der Waals surface area contributed by atoms with E-state index in [0.29, 0.717) is 31.5 Å². The molecule has 18 heavy (non-hydrogen) atoms. The average molecular weight is 277 g/mol. The summed E-state index contributed by atoms with van der Waals surface area (Å²) in [7, 11) is 0. The van der Waals surface area contributed by atoms with Crippen molar-refractivity contribution in [3.8, 4) is 0 Å². The van der Waals surface area contributed by atoms with Crippen molar-refractivity contribution in [2.75, 3.05) is 26.2 Å². The molecule has 2 aliphatic rings. The second-order valence-electron chi connectivity index (χ2n) is 5.28. The van der Waals surface area contributed by atoms with E-state index < -0.39 is 0 Å². The zero-order chi connectivity index (χ0) is 12.1. The molecule has 2 fully saturated rings. The lowest BCUT2D eigenvalue weighted by atomic mass is 9.86. The average Bonchev–Trinajstić information content (AvgIpc) is 2.40. The van der Waals surface area contributed by atoms with Crippen molar-refractivity contribution >= 4 is 18.3 Å². The van der Waals surface area contributed by atoms with Gasteiger partial charge in [-0.05, 0) is 18.8 Å². The van der Waals surface area contributed by atoms with Crippen molar-refractivity contribution in [1.29, 1.82) is 0 Å². The van der Waals surface area contributed by atoms with E-state index in [4.69, 9.17) is 10.5 Å². The van der Waals surface area contributed by atoms with Crippen LogP contribution in [0.5, 0.6) is 0 Å². The molecule has 106 valence electrons. The Balaban J connectivity index is 0.00000162. The highest BCUT2D eigenvalue weighted by Crippen LogP contribution is 2.27. The molecule has 1 unspecified atom stereocenters. The molecule has 4 nitrogen and oxygen atoms in total. The van der Waals surface area contributed by atoms with Gasteiger partial charge >= 0.3 is 0 Å². The zero-order valence-corrected chi connectivity index (χ0v) is 11.8. The van der Waals surface area contributed by atoms with Crippen LogP contribution in [0.15, 0.2) is 0 Å². The highest BCUT2D eigenvalue weighted by molar-refractivity contribution is 5.85. The van der Waals surface area contributed by atoms with Gasteiger partial charge in [0.2, 0.25) is 5.91 Å². The van der Waals surface area contributed by atoms with Crippen LogP contribution < -0.4 is 5.73 Å². The third-order valence-electron chi connectivity index (χ3n) is 3.94. The molecule has 1 aliphatic carbocycles. The zero-order valence-electron chi connectivity index (χ0n) is 11.0. The van der Waals surface area contributed by atoms with E-state index in [-0.39, 0.29) is 18.5 Å². The lowest BCUT2D eigenvalue weighted by Crippen LogP contribution is -2.48. The van der Waals surface area contributed by atoms with Gasteiger partial charge in [0.25, 0.3) is 0 Å². The summed E-state index contributed by atoms with van der Waals surface area (Å²) in [6.45, 7) is 2.57. The molecule has 2 rings (SSSR count). The number of morpholine rings is 1. The Morgan fingerprint density at radius 1 is 1.28 bits per heavy atom. The number of ether oxygens (including phenoxy) is 1. The predicted molar refractivity (Wildman–Crippen MR) is 73.8 cm³/mol. The van der Waals surface area contributed by atoms with Crippen LogP contribution >= 0.6 is 12.4 Å². The monoisotopic (exact) mass is 276 g/mol. The largest absolute Gasteiger partial charge is 0.373 e. The Bertz CT molecular complexity index is 257. The smallest absolute Gasteiger partial charge is 0.223 e. The Hall–Kier alpha value is -0.320. The van der Waals surface area contributed by atoms with Crippen LogP contribution in [0, 0.1) is 5.92 Å². The minimum Gasteiger partial charge on any atom is -0.373 e. The van der Waals surface area contributed by atoms with E-state index in [1.807, 2.05) is 4.90 Å². The lowest BCUT2D eigenvalue weighted by Gasteiger charge is -2.33. The van der Waals surface area contributed by atoms with E-state index in [9.17, 15) is 4.79 Å². The summed E-state index contributed by atoms with van der Waals surface area (Å²) in [6.07, 6.45) is 7.18. The van der Waals surface area contributed by atoms with Gasteiger partial charge in [0, 0.05) is 26.1 Å². The summed E-state index contributed by atoms with van der Waals surface area (Å²) in [6, 6.07) is 0. The van der Waals surface area contributed by atoms with E-state index in [2.05, 4.69) is 0 Å². The molecule has 0 radical (unpaired) electrons. The fraction of sp³-hybridized carbons (Fsp3) is 0.923. The number of nitrogens with zero attached hydrogens (tertiary/aromatic N) is 1. The SMILES string of the molecule is Cl.NCC1CN(C(=O)CC2CCCCC2)CCO1. The maximum Gasteiger partial charge on any atom is 0.223 e. The van der Waals surface area contributed by atoms with E-state index in [1.165, 1.54) is 32.1 Å². The van der Waals surface area contributed by atoms with Crippen LogP contribution in [-0.2, 0) is 9.53 Å². The van der Waals surface area contributed by atoms with Crippen LogP contribution in [0.1, 0.15) is 38.5 Å². The minimum atomic E-state index is 0. The third kappa shape index (κ3) is 4.41. The number of amides is 1.